The van der Waals surface area contributed by atoms with E-state index in [2.05, 4.69) is 23.1 Å². The molecule has 0 saturated carbocycles. The lowest BCUT2D eigenvalue weighted by molar-refractivity contribution is 0.284. The van der Waals surface area contributed by atoms with Crippen LogP contribution >= 0.6 is 0 Å². The van der Waals surface area contributed by atoms with E-state index in [1.54, 1.807) is 0 Å². The highest BCUT2D eigenvalue weighted by Crippen LogP contribution is 2.12. The molecule has 2 nitrogen and oxygen atoms in total. The Bertz CT molecular complexity index is 201. The number of terminal acetylenes is 1. The van der Waals surface area contributed by atoms with Crippen molar-refractivity contribution in [2.24, 2.45) is 0 Å². The topological polar surface area (TPSA) is 15.3 Å². The zero-order valence-corrected chi connectivity index (χ0v) is 10.7. The minimum Gasteiger partial charge on any atom is -0.314 e. The third kappa shape index (κ3) is 5.53. The molecule has 0 aromatic heterocycles. The van der Waals surface area contributed by atoms with Gasteiger partial charge in [0.1, 0.15) is 0 Å². The summed E-state index contributed by atoms with van der Waals surface area (Å²) < 4.78 is 0. The first kappa shape index (κ1) is 13.5. The summed E-state index contributed by atoms with van der Waals surface area (Å²) in [5, 5.41) is 3.60. The van der Waals surface area contributed by atoms with Crippen LogP contribution < -0.4 is 5.32 Å². The minimum atomic E-state index is 0.767. The van der Waals surface area contributed by atoms with E-state index in [9.17, 15) is 0 Å². The highest BCUT2D eigenvalue weighted by molar-refractivity contribution is 4.88. The lowest BCUT2D eigenvalue weighted by Gasteiger charge is -2.25. The smallest absolute Gasteiger partial charge is 0.0598 e. The highest BCUT2D eigenvalue weighted by Gasteiger charge is 2.12. The molecule has 1 N–H and O–H groups in total. The molecule has 0 aromatic carbocycles. The van der Waals surface area contributed by atoms with Crippen LogP contribution in [0.4, 0.5) is 0 Å². The summed E-state index contributed by atoms with van der Waals surface area (Å²) in [5.74, 6) is 2.75. The lowest BCUT2D eigenvalue weighted by atomic mass is 10.0. The highest BCUT2D eigenvalue weighted by atomic mass is 15.1. The maximum atomic E-state index is 5.37. The summed E-state index contributed by atoms with van der Waals surface area (Å²) in [7, 11) is 0. The van der Waals surface area contributed by atoms with Crippen molar-refractivity contribution in [3.8, 4) is 12.3 Å². The second-order valence-corrected chi connectivity index (χ2v) is 4.77. The van der Waals surface area contributed by atoms with Crippen molar-refractivity contribution < 1.29 is 0 Å². The molecule has 0 radical (unpaired) electrons. The molecule has 1 unspecified atom stereocenters. The lowest BCUT2D eigenvalue weighted by Crippen LogP contribution is -2.35. The van der Waals surface area contributed by atoms with E-state index in [-0.39, 0.29) is 0 Å². The molecule has 1 aliphatic heterocycles. The van der Waals surface area contributed by atoms with Gasteiger partial charge in [-0.1, -0.05) is 19.3 Å². The fourth-order valence-electron chi connectivity index (χ4n) is 2.45. The molecule has 0 aromatic rings. The molecule has 1 fully saturated rings. The molecular formula is C14H26N2. The molecular weight excluding hydrogens is 196 g/mol. The van der Waals surface area contributed by atoms with Crippen molar-refractivity contribution in [2.45, 2.75) is 51.5 Å². The van der Waals surface area contributed by atoms with Crippen molar-refractivity contribution >= 4 is 0 Å². The number of hydrogen-bond acceptors (Lipinski definition) is 2. The van der Waals surface area contributed by atoms with E-state index in [4.69, 9.17) is 6.42 Å². The van der Waals surface area contributed by atoms with Gasteiger partial charge in [0.05, 0.1) is 6.54 Å². The molecule has 1 aliphatic rings. The SMILES string of the molecule is C#CCN(CCC)CCCC1CCCCN1. The average Bonchev–Trinajstić information content (AvgIpc) is 2.31. The van der Waals surface area contributed by atoms with Crippen molar-refractivity contribution in [1.29, 1.82) is 0 Å². The van der Waals surface area contributed by atoms with E-state index in [1.807, 2.05) is 0 Å². The summed E-state index contributed by atoms with van der Waals surface area (Å²) in [4.78, 5) is 2.39. The van der Waals surface area contributed by atoms with Gasteiger partial charge in [-0.3, -0.25) is 4.90 Å². The predicted molar refractivity (Wildman–Crippen MR) is 70.4 cm³/mol. The first-order chi connectivity index (χ1) is 7.86. The van der Waals surface area contributed by atoms with Crippen LogP contribution in [0.5, 0.6) is 0 Å². The maximum Gasteiger partial charge on any atom is 0.0598 e. The predicted octanol–water partition coefficient (Wildman–Crippen LogP) is 2.25. The third-order valence-electron chi connectivity index (χ3n) is 3.29. The van der Waals surface area contributed by atoms with Crippen LogP contribution in [0, 0.1) is 12.3 Å². The molecule has 0 spiro atoms. The Morgan fingerprint density at radius 2 is 2.25 bits per heavy atom. The third-order valence-corrected chi connectivity index (χ3v) is 3.29. The first-order valence-electron chi connectivity index (χ1n) is 6.76. The van der Waals surface area contributed by atoms with Gasteiger partial charge in [0, 0.05) is 6.04 Å². The number of nitrogens with one attached hydrogen (secondary N) is 1. The van der Waals surface area contributed by atoms with Crippen LogP contribution in [0.1, 0.15) is 45.4 Å². The number of hydrogen-bond donors (Lipinski definition) is 1. The van der Waals surface area contributed by atoms with Crippen LogP contribution in [0.2, 0.25) is 0 Å². The molecule has 2 heteroatoms. The van der Waals surface area contributed by atoms with E-state index in [0.717, 1.165) is 25.7 Å². The van der Waals surface area contributed by atoms with Crippen molar-refractivity contribution in [1.82, 2.24) is 10.2 Å². The summed E-state index contributed by atoms with van der Waals surface area (Å²) in [6, 6.07) is 0.767. The molecule has 16 heavy (non-hydrogen) atoms. The Morgan fingerprint density at radius 3 is 2.88 bits per heavy atom. The first-order valence-corrected chi connectivity index (χ1v) is 6.76. The van der Waals surface area contributed by atoms with Gasteiger partial charge >= 0.3 is 0 Å². The Balaban J connectivity index is 2.09. The Morgan fingerprint density at radius 1 is 1.38 bits per heavy atom. The van der Waals surface area contributed by atoms with Gasteiger partial charge < -0.3 is 5.32 Å². The van der Waals surface area contributed by atoms with E-state index < -0.39 is 0 Å². The van der Waals surface area contributed by atoms with E-state index in [1.165, 1.54) is 45.1 Å². The van der Waals surface area contributed by atoms with Gasteiger partial charge in [-0.15, -0.1) is 6.42 Å². The molecule has 1 heterocycles. The Labute approximate surface area is 101 Å². The zero-order chi connectivity index (χ0) is 11.6. The van der Waals surface area contributed by atoms with Crippen molar-refractivity contribution in [3.63, 3.8) is 0 Å². The van der Waals surface area contributed by atoms with Gasteiger partial charge in [0.25, 0.3) is 0 Å². The van der Waals surface area contributed by atoms with Crippen molar-refractivity contribution in [3.05, 3.63) is 0 Å². The van der Waals surface area contributed by atoms with Gasteiger partial charge in [0.2, 0.25) is 0 Å². The quantitative estimate of drug-likeness (QED) is 0.665. The number of rotatable bonds is 7. The average molecular weight is 222 g/mol. The molecule has 1 saturated heterocycles. The van der Waals surface area contributed by atoms with Gasteiger partial charge in [-0.2, -0.15) is 0 Å². The largest absolute Gasteiger partial charge is 0.314 e. The maximum absolute atomic E-state index is 5.37. The summed E-state index contributed by atoms with van der Waals surface area (Å²) in [6.45, 7) is 6.55. The fraction of sp³-hybridized carbons (Fsp3) is 0.857. The monoisotopic (exact) mass is 222 g/mol. The molecule has 0 amide bonds. The van der Waals surface area contributed by atoms with E-state index in [0.29, 0.717) is 0 Å². The zero-order valence-electron chi connectivity index (χ0n) is 10.7. The van der Waals surface area contributed by atoms with Gasteiger partial charge in [-0.05, 0) is 51.7 Å². The van der Waals surface area contributed by atoms with Crippen LogP contribution in [0.15, 0.2) is 0 Å². The van der Waals surface area contributed by atoms with Crippen LogP contribution in [0.25, 0.3) is 0 Å². The molecule has 92 valence electrons. The van der Waals surface area contributed by atoms with Crippen LogP contribution in [0.3, 0.4) is 0 Å². The van der Waals surface area contributed by atoms with Crippen molar-refractivity contribution in [2.75, 3.05) is 26.2 Å². The molecule has 0 aliphatic carbocycles. The summed E-state index contributed by atoms with van der Waals surface area (Å²) in [5.41, 5.74) is 0. The molecule has 1 rings (SSSR count). The van der Waals surface area contributed by atoms with Crippen LogP contribution in [-0.4, -0.2) is 37.1 Å². The van der Waals surface area contributed by atoms with Gasteiger partial charge in [0.15, 0.2) is 0 Å². The van der Waals surface area contributed by atoms with Crippen LogP contribution in [-0.2, 0) is 0 Å². The van der Waals surface area contributed by atoms with E-state index >= 15 is 0 Å². The van der Waals surface area contributed by atoms with Gasteiger partial charge in [-0.25, -0.2) is 0 Å². The Kier molecular flexibility index (Phi) is 7.29. The standard InChI is InChI=1S/C14H26N2/c1-3-11-16(12-4-2)13-7-9-14-8-5-6-10-15-14/h1,14-15H,4-13H2,2H3. The summed E-state index contributed by atoms with van der Waals surface area (Å²) in [6.07, 6.45) is 13.3. The Hall–Kier alpha value is -0.520. The second-order valence-electron chi connectivity index (χ2n) is 4.77. The number of nitrogens with zero attached hydrogens (tertiary/aromatic N) is 1. The number of piperidine rings is 1. The fourth-order valence-corrected chi connectivity index (χ4v) is 2.45. The molecule has 1 atom stereocenters. The minimum absolute atomic E-state index is 0.767. The second kappa shape index (κ2) is 8.61. The normalized spacial score (nSPS) is 20.9. The molecule has 0 bridgehead atoms. The summed E-state index contributed by atoms with van der Waals surface area (Å²) >= 11 is 0.